The third-order valence-electron chi connectivity index (χ3n) is 18.4. The Balaban J connectivity index is 0.979. The van der Waals surface area contributed by atoms with Crippen molar-refractivity contribution in [3.63, 3.8) is 0 Å². The molecule has 0 aromatic heterocycles. The highest BCUT2D eigenvalue weighted by molar-refractivity contribution is 7.98. The average molecular weight is 1520 g/mol. The van der Waals surface area contributed by atoms with E-state index in [1.54, 1.807) is 72.4 Å². The van der Waals surface area contributed by atoms with Crippen LogP contribution in [0.5, 0.6) is 5.75 Å². The number of hydrogen-bond acceptors (Lipinski definition) is 15. The number of primary amides is 2. The fraction of sp³-hybridized carbons (Fsp3) is 0.412. The molecule has 0 radical (unpaired) electrons. The molecule has 1 saturated carbocycles. The highest BCUT2D eigenvalue weighted by atomic mass is 35.5. The van der Waals surface area contributed by atoms with Crippen molar-refractivity contribution in [3.05, 3.63) is 208 Å². The van der Waals surface area contributed by atoms with Gasteiger partial charge in [-0.1, -0.05) is 195 Å². The monoisotopic (exact) mass is 1520 g/mol. The van der Waals surface area contributed by atoms with Crippen LogP contribution >= 0.6 is 35.1 Å². The van der Waals surface area contributed by atoms with E-state index < -0.39 is 115 Å². The first-order valence-electron chi connectivity index (χ1n) is 36.4. The van der Waals surface area contributed by atoms with E-state index in [1.807, 2.05) is 110 Å². The molecule has 0 bridgehead atoms. The third-order valence-corrected chi connectivity index (χ3v) is 20.9. The van der Waals surface area contributed by atoms with Crippen molar-refractivity contribution in [1.29, 1.82) is 0 Å². The lowest BCUT2D eigenvalue weighted by molar-refractivity contribution is -0.142. The van der Waals surface area contributed by atoms with Gasteiger partial charge in [0.15, 0.2) is 0 Å². The van der Waals surface area contributed by atoms with E-state index >= 15 is 14.4 Å². The van der Waals surface area contributed by atoms with Gasteiger partial charge in [-0.2, -0.15) is 23.5 Å². The minimum Gasteiger partial charge on any atom is -0.489 e. The number of nitrogens with one attached hydrogen (secondary N) is 8. The van der Waals surface area contributed by atoms with Crippen LogP contribution in [0.15, 0.2) is 164 Å². The number of carbonyl (C=O) groups excluding carboxylic acids is 11. The van der Waals surface area contributed by atoms with Crippen molar-refractivity contribution in [3.8, 4) is 5.75 Å². The zero-order chi connectivity index (χ0) is 76.3. The summed E-state index contributed by atoms with van der Waals surface area (Å²) in [7, 11) is 0. The Hall–Kier alpha value is -9.92. The third kappa shape index (κ3) is 29.1. The fourth-order valence-corrected chi connectivity index (χ4v) is 14.7. The summed E-state index contributed by atoms with van der Waals surface area (Å²) in [6, 6.07) is 41.0. The van der Waals surface area contributed by atoms with E-state index in [0.29, 0.717) is 70.6 Å². The van der Waals surface area contributed by atoms with Gasteiger partial charge in [-0.05, 0) is 97.4 Å². The van der Waals surface area contributed by atoms with Gasteiger partial charge >= 0.3 is 6.09 Å². The number of amides is 11. The minimum atomic E-state index is -1.69. The maximum atomic E-state index is 15.2. The maximum absolute atomic E-state index is 15.2. The topological polar surface area (TPSA) is 358 Å². The summed E-state index contributed by atoms with van der Waals surface area (Å²) in [5, 5.41) is 22.6. The van der Waals surface area contributed by atoms with Crippen molar-refractivity contribution >= 4 is 100 Å². The van der Waals surface area contributed by atoms with Crippen LogP contribution in [0.25, 0.3) is 0 Å². The molecule has 2 fully saturated rings. The fourth-order valence-electron chi connectivity index (χ4n) is 12.6. The second-order valence-corrected chi connectivity index (χ2v) is 29.4. The van der Waals surface area contributed by atoms with E-state index in [-0.39, 0.29) is 75.8 Å². The molecule has 6 aromatic rings. The molecule has 2 aliphatic rings. The summed E-state index contributed by atoms with van der Waals surface area (Å²) in [6.45, 7) is 1.99. The number of hydrogen-bond donors (Lipinski definition) is 10. The highest BCUT2D eigenvalue weighted by Crippen LogP contribution is 2.29. The second-order valence-electron chi connectivity index (χ2n) is 26.9. The molecule has 1 heterocycles. The molecule has 27 heteroatoms. The van der Waals surface area contributed by atoms with E-state index in [2.05, 4.69) is 42.5 Å². The zero-order valence-electron chi connectivity index (χ0n) is 60.3. The Bertz CT molecular complexity index is 3900. The van der Waals surface area contributed by atoms with Crippen LogP contribution < -0.4 is 58.7 Å². The van der Waals surface area contributed by atoms with Crippen molar-refractivity contribution in [2.75, 3.05) is 31.1 Å². The molecule has 7 atom stereocenters. The Labute approximate surface area is 638 Å². The normalized spacial score (nSPS) is 15.1. The summed E-state index contributed by atoms with van der Waals surface area (Å²) < 4.78 is 11.3. The van der Waals surface area contributed by atoms with Gasteiger partial charge in [0.25, 0.3) is 0 Å². The molecule has 11 amide bonds. The first kappa shape index (κ1) is 82.7. The van der Waals surface area contributed by atoms with Crippen molar-refractivity contribution < 1.29 is 62.2 Å². The predicted molar refractivity (Wildman–Crippen MR) is 413 cm³/mol. The molecule has 6 aromatic carbocycles. The largest absolute Gasteiger partial charge is 0.489 e. The zero-order valence-corrected chi connectivity index (χ0v) is 62.7. The number of likely N-dealkylation sites (tertiary alicyclic amines) is 1. The van der Waals surface area contributed by atoms with Gasteiger partial charge in [-0.15, -0.1) is 0 Å². The SMILES string of the molecule is Cc1ccc(CSCCC(=O)N[C@@H](Cc2ccc(OCc3ccccc3)cc2)C(=O)N[C@@H](Cc2ccccc2)C(=O)N[C@@H](CC2CCCCC2)C(=O)N[C@@H](CC(N)=O)C(=O)N[C@@H](CSCc2ccccc2)C(=O)N2CCC[C@H]2C(=O)N[C@@H](CCCCNC(=O)OCc2ccccc2Cl)C(=O)NCC(N)=O)cc1. The first-order valence-corrected chi connectivity index (χ1v) is 39.1. The van der Waals surface area contributed by atoms with Gasteiger partial charge < -0.3 is 68.4 Å². The number of ether oxygens (including phenoxy) is 2. The smallest absolute Gasteiger partial charge is 0.407 e. The average Bonchev–Trinajstić information content (AvgIpc) is 1.75. The summed E-state index contributed by atoms with van der Waals surface area (Å²) in [5.41, 5.74) is 17.3. The van der Waals surface area contributed by atoms with Crippen LogP contribution in [0, 0.1) is 12.8 Å². The molecule has 1 aliphatic heterocycles. The van der Waals surface area contributed by atoms with Gasteiger partial charge in [-0.3, -0.25) is 47.9 Å². The molecule has 1 aliphatic carbocycles. The summed E-state index contributed by atoms with van der Waals surface area (Å²) in [6.07, 6.45) is 4.16. The van der Waals surface area contributed by atoms with Gasteiger partial charge in [0, 0.05) is 65.9 Å². The highest BCUT2D eigenvalue weighted by Gasteiger charge is 2.41. The Morgan fingerprint density at radius 3 is 1.75 bits per heavy atom. The Kier molecular flexibility index (Phi) is 34.2. The Morgan fingerprint density at radius 1 is 0.523 bits per heavy atom. The van der Waals surface area contributed by atoms with Gasteiger partial charge in [0.05, 0.1) is 13.0 Å². The number of halogens is 1. The number of carbonyl (C=O) groups is 11. The molecule has 0 unspecified atom stereocenters. The number of benzene rings is 6. The molecule has 570 valence electrons. The summed E-state index contributed by atoms with van der Waals surface area (Å²) in [4.78, 5) is 156. The number of thioether (sulfide) groups is 2. The van der Waals surface area contributed by atoms with Crippen molar-refractivity contribution in [1.82, 2.24) is 47.4 Å². The van der Waals surface area contributed by atoms with Crippen LogP contribution in [0.2, 0.25) is 5.02 Å². The van der Waals surface area contributed by atoms with Gasteiger partial charge in [0.1, 0.15) is 61.3 Å². The van der Waals surface area contributed by atoms with Gasteiger partial charge in [-0.25, -0.2) is 4.79 Å². The molecule has 1 saturated heterocycles. The lowest BCUT2D eigenvalue weighted by Gasteiger charge is -2.31. The van der Waals surface area contributed by atoms with Crippen molar-refractivity contribution in [2.24, 2.45) is 17.4 Å². The lowest BCUT2D eigenvalue weighted by atomic mass is 9.84. The number of nitrogens with zero attached hydrogens (tertiary/aromatic N) is 1. The number of rotatable bonds is 42. The van der Waals surface area contributed by atoms with Crippen LogP contribution in [-0.2, 0) is 90.2 Å². The van der Waals surface area contributed by atoms with Crippen LogP contribution in [0.4, 0.5) is 4.79 Å². The number of unbranched alkanes of at least 4 members (excludes halogenated alkanes) is 1. The second kappa shape index (κ2) is 44.3. The minimum absolute atomic E-state index is 0.0344. The first-order chi connectivity index (χ1) is 51.7. The van der Waals surface area contributed by atoms with Crippen molar-refractivity contribution in [2.45, 2.75) is 170 Å². The van der Waals surface area contributed by atoms with Crippen LogP contribution in [-0.4, -0.2) is 143 Å². The maximum Gasteiger partial charge on any atom is 0.407 e. The van der Waals surface area contributed by atoms with E-state index in [1.165, 1.54) is 16.7 Å². The predicted octanol–water partition coefficient (Wildman–Crippen LogP) is 7.71. The molecular formula is C80H98ClN11O13S2. The molecule has 0 spiro atoms. The van der Waals surface area contributed by atoms with E-state index in [9.17, 15) is 38.4 Å². The molecule has 8 rings (SSSR count). The number of nitrogens with two attached hydrogens (primary N) is 2. The standard InChI is InChI=1S/C80H98ClN11O13S2/c1-53-31-33-59(34-32-53)50-106-42-39-72(95)86-64(45-56-35-37-61(38-36-56)104-48-57-23-10-4-11-24-57)74(97)88-65(43-54-19-6-2-7-20-54)75(98)89-66(44-55-21-8-3-9-22-55)76(99)90-67(46-70(82)93)77(100)91-68(52-107-51-58-25-12-5-13-26-58)79(102)92-41-18-30-69(92)78(101)87-63(73(96)85-47-71(83)94)29-16-17-40-84-80(103)105-49-60-27-14-15-28-62(60)81/h2,4-7,10-15,19-20,23-28,31-38,55,63-69H,3,8-9,16-18,21-22,29-30,39-52H2,1H3,(H2,82,93)(H2,83,94)(H,84,103)(H,85,96)(H,86,95)(H,87,101)(H,88,97)(H,89,98)(H,90,99)(H,91,100)/t63-,64-,65-,66-,67-,68-,69-/m0/s1. The van der Waals surface area contributed by atoms with Gasteiger partial charge in [0.2, 0.25) is 59.1 Å². The molecule has 24 nitrogen and oxygen atoms in total. The quantitative estimate of drug-likeness (QED) is 0.0164. The summed E-state index contributed by atoms with van der Waals surface area (Å²) >= 11 is 9.08. The Morgan fingerprint density at radius 2 is 1.08 bits per heavy atom. The molecule has 107 heavy (non-hydrogen) atoms. The number of aryl methyl sites for hydroxylation is 1. The van der Waals surface area contributed by atoms with E-state index in [0.717, 1.165) is 54.4 Å². The molecule has 12 N–H and O–H groups in total. The lowest BCUT2D eigenvalue weighted by Crippen LogP contribution is -2.61. The van der Waals surface area contributed by atoms with E-state index in [4.69, 9.17) is 32.5 Å². The molecular weight excluding hydrogens is 1420 g/mol. The van der Waals surface area contributed by atoms with Crippen LogP contribution in [0.1, 0.15) is 122 Å². The summed E-state index contributed by atoms with van der Waals surface area (Å²) in [5.74, 6) is -5.45. The van der Waals surface area contributed by atoms with Crippen LogP contribution in [0.3, 0.4) is 0 Å². The number of alkyl carbamates (subject to hydrolysis) is 1.